The lowest BCUT2D eigenvalue weighted by Crippen LogP contribution is -2.52. The maximum atomic E-state index is 13.8. The second kappa shape index (κ2) is 15.4. The van der Waals surface area contributed by atoms with Gasteiger partial charge in [0.25, 0.3) is 0 Å². The van der Waals surface area contributed by atoms with Gasteiger partial charge in [-0.1, -0.05) is 91.0 Å². The van der Waals surface area contributed by atoms with E-state index in [4.69, 9.17) is 28.0 Å². The average Bonchev–Trinajstić information content (AvgIpc) is 2.97. The number of rotatable bonds is 15. The van der Waals surface area contributed by atoms with E-state index in [-0.39, 0.29) is 19.8 Å². The fourth-order valence-electron chi connectivity index (χ4n) is 4.60. The van der Waals surface area contributed by atoms with Crippen molar-refractivity contribution >= 4 is 7.60 Å². The topological polar surface area (TPSA) is 72.5 Å². The lowest BCUT2D eigenvalue weighted by molar-refractivity contribution is -0.209. The molecule has 0 N–H and O–H groups in total. The third-order valence-corrected chi connectivity index (χ3v) is 8.73. The zero-order valence-electron chi connectivity index (χ0n) is 22.7. The molecule has 4 atom stereocenters. The Bertz CT molecular complexity index is 1120. The van der Waals surface area contributed by atoms with E-state index in [0.717, 1.165) is 16.7 Å². The summed E-state index contributed by atoms with van der Waals surface area (Å²) in [6, 6.07) is 29.9. The van der Waals surface area contributed by atoms with E-state index < -0.39 is 31.8 Å². The van der Waals surface area contributed by atoms with Crippen LogP contribution in [0.5, 0.6) is 0 Å². The van der Waals surface area contributed by atoms with Gasteiger partial charge in [-0.25, -0.2) is 0 Å². The predicted molar refractivity (Wildman–Crippen MR) is 150 cm³/mol. The molecule has 1 aliphatic rings. The zero-order valence-corrected chi connectivity index (χ0v) is 23.6. The van der Waals surface area contributed by atoms with Crippen LogP contribution >= 0.6 is 7.60 Å². The molecule has 8 heteroatoms. The number of ether oxygens (including phenoxy) is 4. The second-order valence-corrected chi connectivity index (χ2v) is 11.5. The quantitative estimate of drug-likeness (QED) is 0.192. The molecule has 3 aromatic carbocycles. The van der Waals surface area contributed by atoms with Crippen LogP contribution in [-0.4, -0.2) is 44.0 Å². The van der Waals surface area contributed by atoms with Gasteiger partial charge in [-0.15, -0.1) is 0 Å². The molecule has 0 aliphatic carbocycles. The minimum atomic E-state index is -3.57. The Kier molecular flexibility index (Phi) is 11.7. The molecule has 0 amide bonds. The van der Waals surface area contributed by atoms with Crippen LogP contribution in [0.4, 0.5) is 0 Å². The Labute approximate surface area is 231 Å². The monoisotopic (exact) mass is 554 g/mol. The fraction of sp³-hybridized carbons (Fsp3) is 0.419. The van der Waals surface area contributed by atoms with Crippen LogP contribution in [0.15, 0.2) is 91.0 Å². The summed E-state index contributed by atoms with van der Waals surface area (Å²) in [5.74, 6) is -0.805. The molecule has 0 aromatic heterocycles. The largest absolute Gasteiger partial charge is 0.374 e. The average molecular weight is 555 g/mol. The summed E-state index contributed by atoms with van der Waals surface area (Å²) in [5.41, 5.74) is 3.13. The number of hydrogen-bond donors (Lipinski definition) is 0. The van der Waals surface area contributed by atoms with E-state index in [1.807, 2.05) is 91.0 Å². The number of benzene rings is 3. The molecule has 4 rings (SSSR count). The molecule has 39 heavy (non-hydrogen) atoms. The molecular weight excluding hydrogens is 515 g/mol. The first-order valence-electron chi connectivity index (χ1n) is 13.6. The van der Waals surface area contributed by atoms with Gasteiger partial charge >= 0.3 is 7.60 Å². The van der Waals surface area contributed by atoms with Crippen LogP contribution in [0, 0.1) is 0 Å². The third-order valence-electron chi connectivity index (χ3n) is 6.46. The van der Waals surface area contributed by atoms with Gasteiger partial charge in [-0.05, 0) is 30.5 Å². The molecule has 1 aliphatic heterocycles. The van der Waals surface area contributed by atoms with Crippen molar-refractivity contribution in [3.8, 4) is 0 Å². The smallest absolute Gasteiger partial charge is 0.359 e. The first-order chi connectivity index (χ1) is 19.1. The van der Waals surface area contributed by atoms with Gasteiger partial charge in [0.1, 0.15) is 12.2 Å². The van der Waals surface area contributed by atoms with Crippen LogP contribution in [0.2, 0.25) is 0 Å². The molecule has 0 saturated carbocycles. The van der Waals surface area contributed by atoms with Gasteiger partial charge < -0.3 is 28.0 Å². The van der Waals surface area contributed by atoms with Gasteiger partial charge in [-0.2, -0.15) is 0 Å². The van der Waals surface area contributed by atoms with Gasteiger partial charge in [0.15, 0.2) is 5.85 Å². The SMILES string of the molecule is CCOP(=O)(OCC)[C@H]1C[C@@H](OCc2ccccc2)[C@H](OCc2ccccc2)[C@@H](COCc2ccccc2)O1. The lowest BCUT2D eigenvalue weighted by Gasteiger charge is -2.42. The molecule has 1 fully saturated rings. The molecule has 3 aromatic rings. The molecule has 0 spiro atoms. The first kappa shape index (κ1) is 29.6. The summed E-state index contributed by atoms with van der Waals surface area (Å²) >= 11 is 0. The molecular formula is C31H39O7P. The minimum absolute atomic E-state index is 0.230. The summed E-state index contributed by atoms with van der Waals surface area (Å²) in [6.45, 7) is 5.50. The molecule has 1 saturated heterocycles. The Morgan fingerprint density at radius 1 is 0.718 bits per heavy atom. The van der Waals surface area contributed by atoms with Gasteiger partial charge in [-0.3, -0.25) is 4.57 Å². The van der Waals surface area contributed by atoms with Crippen molar-refractivity contribution in [2.45, 2.75) is 64.2 Å². The van der Waals surface area contributed by atoms with Gasteiger partial charge in [0, 0.05) is 6.42 Å². The lowest BCUT2D eigenvalue weighted by atomic mass is 10.0. The molecule has 210 valence electrons. The predicted octanol–water partition coefficient (Wildman–Crippen LogP) is 6.76. The highest BCUT2D eigenvalue weighted by Crippen LogP contribution is 2.57. The maximum absolute atomic E-state index is 13.8. The first-order valence-corrected chi connectivity index (χ1v) is 15.2. The van der Waals surface area contributed by atoms with E-state index in [9.17, 15) is 4.57 Å². The zero-order chi connectivity index (χ0) is 27.3. The highest BCUT2D eigenvalue weighted by molar-refractivity contribution is 7.54. The maximum Gasteiger partial charge on any atom is 0.359 e. The van der Waals surface area contributed by atoms with E-state index in [1.165, 1.54) is 0 Å². The number of hydrogen-bond acceptors (Lipinski definition) is 7. The van der Waals surface area contributed by atoms with E-state index in [0.29, 0.717) is 26.2 Å². The van der Waals surface area contributed by atoms with Crippen molar-refractivity contribution in [1.29, 1.82) is 0 Å². The summed E-state index contributed by atoms with van der Waals surface area (Å²) in [5, 5.41) is 0. The molecule has 7 nitrogen and oxygen atoms in total. The van der Waals surface area contributed by atoms with Crippen molar-refractivity contribution in [3.05, 3.63) is 108 Å². The van der Waals surface area contributed by atoms with Crippen LogP contribution in [-0.2, 0) is 52.4 Å². The van der Waals surface area contributed by atoms with Crippen LogP contribution in [0.3, 0.4) is 0 Å². The Morgan fingerprint density at radius 2 is 1.21 bits per heavy atom. The minimum Gasteiger partial charge on any atom is -0.374 e. The fourth-order valence-corrected chi connectivity index (χ4v) is 6.50. The molecule has 0 unspecified atom stereocenters. The molecule has 1 heterocycles. The van der Waals surface area contributed by atoms with Crippen LogP contribution in [0.25, 0.3) is 0 Å². The van der Waals surface area contributed by atoms with Crippen LogP contribution in [0.1, 0.15) is 37.0 Å². The summed E-state index contributed by atoms with van der Waals surface area (Å²) in [6.07, 6.45) is -1.13. The van der Waals surface area contributed by atoms with Crippen molar-refractivity contribution in [2.24, 2.45) is 0 Å². The van der Waals surface area contributed by atoms with E-state index in [2.05, 4.69) is 0 Å². The third kappa shape index (κ3) is 8.82. The molecule has 0 bridgehead atoms. The van der Waals surface area contributed by atoms with E-state index >= 15 is 0 Å². The Hall–Kier alpha value is -2.35. The highest BCUT2D eigenvalue weighted by Gasteiger charge is 2.48. The van der Waals surface area contributed by atoms with Gasteiger partial charge in [0.2, 0.25) is 0 Å². The summed E-state index contributed by atoms with van der Waals surface area (Å²) in [4.78, 5) is 0. The van der Waals surface area contributed by atoms with Crippen molar-refractivity contribution in [3.63, 3.8) is 0 Å². The summed E-state index contributed by atoms with van der Waals surface area (Å²) < 4.78 is 50.6. The molecule has 0 radical (unpaired) electrons. The Morgan fingerprint density at radius 3 is 1.72 bits per heavy atom. The van der Waals surface area contributed by atoms with E-state index in [1.54, 1.807) is 13.8 Å². The summed E-state index contributed by atoms with van der Waals surface area (Å²) in [7, 11) is -3.57. The Balaban J connectivity index is 1.57. The highest BCUT2D eigenvalue weighted by atomic mass is 31.2. The van der Waals surface area contributed by atoms with Gasteiger partial charge in [0.05, 0.1) is 45.7 Å². The second-order valence-electron chi connectivity index (χ2n) is 9.34. The normalized spacial score (nSPS) is 21.6. The van der Waals surface area contributed by atoms with Crippen LogP contribution < -0.4 is 0 Å². The van der Waals surface area contributed by atoms with Crippen molar-refractivity contribution in [1.82, 2.24) is 0 Å². The van der Waals surface area contributed by atoms with Crippen molar-refractivity contribution < 1.29 is 32.6 Å². The van der Waals surface area contributed by atoms with Crippen molar-refractivity contribution in [2.75, 3.05) is 19.8 Å². The standard InChI is InChI=1S/C31H39O7P/c1-3-36-39(32,37-4-2)30-20-28(34-22-26-16-10-6-11-17-26)31(35-23-27-18-12-7-13-19-27)29(38-30)24-33-21-25-14-8-5-9-15-25/h5-19,28-31H,3-4,20-24H2,1-2H3/t28-,29-,30+,31+/m1/s1.